The fourth-order valence-electron chi connectivity index (χ4n) is 2.48. The molecule has 1 heterocycles. The van der Waals surface area contributed by atoms with E-state index in [9.17, 15) is 5.11 Å². The molecule has 0 spiro atoms. The number of aryl methyl sites for hydroxylation is 3. The van der Waals surface area contributed by atoms with E-state index in [1.54, 1.807) is 0 Å². The van der Waals surface area contributed by atoms with Gasteiger partial charge in [-0.2, -0.15) is 5.10 Å². The summed E-state index contributed by atoms with van der Waals surface area (Å²) in [7, 11) is 0. The first-order valence-electron chi connectivity index (χ1n) is 6.80. The Balaban J connectivity index is 2.25. The lowest BCUT2D eigenvalue weighted by molar-refractivity contribution is 0.174. The zero-order chi connectivity index (χ0) is 14.0. The molecule has 0 radical (unpaired) electrons. The van der Waals surface area contributed by atoms with Gasteiger partial charge in [-0.15, -0.1) is 0 Å². The fraction of sp³-hybridized carbons (Fsp3) is 0.438. The zero-order valence-electron chi connectivity index (χ0n) is 12.1. The van der Waals surface area contributed by atoms with Gasteiger partial charge in [-0.3, -0.25) is 4.68 Å². The molecule has 1 unspecified atom stereocenters. The summed E-state index contributed by atoms with van der Waals surface area (Å²) in [5, 5.41) is 14.9. The van der Waals surface area contributed by atoms with Gasteiger partial charge in [0.15, 0.2) is 0 Å². The van der Waals surface area contributed by atoms with Crippen molar-refractivity contribution >= 4 is 0 Å². The van der Waals surface area contributed by atoms with Crippen LogP contribution in [-0.4, -0.2) is 14.9 Å². The summed E-state index contributed by atoms with van der Waals surface area (Å²) < 4.78 is 1.96. The molecule has 2 rings (SSSR count). The minimum Gasteiger partial charge on any atom is -0.388 e. The lowest BCUT2D eigenvalue weighted by Gasteiger charge is -2.15. The average molecular weight is 258 g/mol. The summed E-state index contributed by atoms with van der Waals surface area (Å²) >= 11 is 0. The third kappa shape index (κ3) is 2.87. The van der Waals surface area contributed by atoms with Gasteiger partial charge >= 0.3 is 0 Å². The molecule has 3 heteroatoms. The lowest BCUT2D eigenvalue weighted by atomic mass is 9.96. The molecule has 1 N–H and O–H groups in total. The molecular weight excluding hydrogens is 236 g/mol. The second-order valence-electron chi connectivity index (χ2n) is 5.10. The molecule has 0 aliphatic carbocycles. The number of hydrogen-bond donors (Lipinski definition) is 1. The van der Waals surface area contributed by atoms with Crippen LogP contribution in [0, 0.1) is 20.8 Å². The number of hydrogen-bond acceptors (Lipinski definition) is 2. The second kappa shape index (κ2) is 5.57. The first kappa shape index (κ1) is 13.8. The SMILES string of the molecule is CCn1nc(C)cc1CC(O)c1cccc(C)c1C. The van der Waals surface area contributed by atoms with Crippen molar-refractivity contribution in [1.29, 1.82) is 0 Å². The number of nitrogens with zero attached hydrogens (tertiary/aromatic N) is 2. The van der Waals surface area contributed by atoms with Crippen LogP contribution in [0.25, 0.3) is 0 Å². The maximum absolute atomic E-state index is 10.5. The van der Waals surface area contributed by atoms with Crippen molar-refractivity contribution in [1.82, 2.24) is 9.78 Å². The highest BCUT2D eigenvalue weighted by molar-refractivity contribution is 5.35. The molecule has 0 aliphatic heterocycles. The average Bonchev–Trinajstić information content (AvgIpc) is 2.72. The lowest BCUT2D eigenvalue weighted by Crippen LogP contribution is -2.09. The van der Waals surface area contributed by atoms with Crippen LogP contribution in [-0.2, 0) is 13.0 Å². The van der Waals surface area contributed by atoms with Gasteiger partial charge in [-0.25, -0.2) is 0 Å². The van der Waals surface area contributed by atoms with Gasteiger partial charge in [0.05, 0.1) is 11.8 Å². The van der Waals surface area contributed by atoms with Gasteiger partial charge in [0.1, 0.15) is 0 Å². The summed E-state index contributed by atoms with van der Waals surface area (Å²) in [4.78, 5) is 0. The predicted molar refractivity (Wildman–Crippen MR) is 77.2 cm³/mol. The molecule has 0 amide bonds. The molecule has 0 saturated carbocycles. The van der Waals surface area contributed by atoms with Gasteiger partial charge in [-0.1, -0.05) is 18.2 Å². The minimum absolute atomic E-state index is 0.471. The van der Waals surface area contributed by atoms with Crippen LogP contribution in [0.2, 0.25) is 0 Å². The van der Waals surface area contributed by atoms with Crippen molar-refractivity contribution in [3.63, 3.8) is 0 Å². The highest BCUT2D eigenvalue weighted by Crippen LogP contribution is 2.24. The van der Waals surface area contributed by atoms with Crippen LogP contribution in [0.4, 0.5) is 0 Å². The van der Waals surface area contributed by atoms with E-state index in [1.165, 1.54) is 11.1 Å². The molecular formula is C16H22N2O. The van der Waals surface area contributed by atoms with E-state index in [2.05, 4.69) is 38.0 Å². The van der Waals surface area contributed by atoms with Crippen molar-refractivity contribution in [2.45, 2.75) is 46.8 Å². The minimum atomic E-state index is -0.471. The predicted octanol–water partition coefficient (Wildman–Crippen LogP) is 3.10. The first-order chi connectivity index (χ1) is 9.02. The van der Waals surface area contributed by atoms with E-state index in [-0.39, 0.29) is 0 Å². The fourth-order valence-corrected chi connectivity index (χ4v) is 2.48. The van der Waals surface area contributed by atoms with Gasteiger partial charge in [0.2, 0.25) is 0 Å². The van der Waals surface area contributed by atoms with Crippen LogP contribution >= 0.6 is 0 Å². The Hall–Kier alpha value is -1.61. The van der Waals surface area contributed by atoms with E-state index >= 15 is 0 Å². The third-order valence-corrected chi connectivity index (χ3v) is 3.69. The largest absolute Gasteiger partial charge is 0.388 e. The Bertz CT molecular complexity index is 572. The molecule has 1 aromatic heterocycles. The molecule has 0 fully saturated rings. The molecule has 0 bridgehead atoms. The molecule has 1 aromatic carbocycles. The van der Waals surface area contributed by atoms with E-state index in [0.717, 1.165) is 23.5 Å². The molecule has 1 atom stereocenters. The molecule has 102 valence electrons. The summed E-state index contributed by atoms with van der Waals surface area (Å²) in [5.41, 5.74) is 5.51. The summed E-state index contributed by atoms with van der Waals surface area (Å²) in [6.07, 6.45) is 0.139. The number of benzene rings is 1. The van der Waals surface area contributed by atoms with Crippen molar-refractivity contribution in [3.8, 4) is 0 Å². The quantitative estimate of drug-likeness (QED) is 0.915. The molecule has 2 aromatic rings. The zero-order valence-corrected chi connectivity index (χ0v) is 12.1. The normalized spacial score (nSPS) is 12.7. The van der Waals surface area contributed by atoms with Crippen LogP contribution < -0.4 is 0 Å². The Morgan fingerprint density at radius 1 is 1.26 bits per heavy atom. The van der Waals surface area contributed by atoms with Gasteiger partial charge in [0, 0.05) is 18.7 Å². The van der Waals surface area contributed by atoms with Gasteiger partial charge in [0.25, 0.3) is 0 Å². The van der Waals surface area contributed by atoms with Crippen molar-refractivity contribution < 1.29 is 5.11 Å². The Kier molecular flexibility index (Phi) is 4.05. The number of aliphatic hydroxyl groups is 1. The van der Waals surface area contributed by atoms with Crippen LogP contribution in [0.5, 0.6) is 0 Å². The van der Waals surface area contributed by atoms with E-state index in [1.807, 2.05) is 23.7 Å². The van der Waals surface area contributed by atoms with E-state index in [4.69, 9.17) is 0 Å². The first-order valence-corrected chi connectivity index (χ1v) is 6.80. The Morgan fingerprint density at radius 3 is 2.68 bits per heavy atom. The summed E-state index contributed by atoms with van der Waals surface area (Å²) in [6.45, 7) is 9.03. The Morgan fingerprint density at radius 2 is 2.00 bits per heavy atom. The van der Waals surface area contributed by atoms with E-state index in [0.29, 0.717) is 6.42 Å². The second-order valence-corrected chi connectivity index (χ2v) is 5.10. The molecule has 3 nitrogen and oxygen atoms in total. The monoisotopic (exact) mass is 258 g/mol. The van der Waals surface area contributed by atoms with Crippen LogP contribution in [0.3, 0.4) is 0 Å². The van der Waals surface area contributed by atoms with Crippen LogP contribution in [0.1, 0.15) is 41.1 Å². The molecule has 0 aliphatic rings. The number of aliphatic hydroxyl groups excluding tert-OH is 1. The van der Waals surface area contributed by atoms with Crippen molar-refractivity contribution in [2.24, 2.45) is 0 Å². The highest BCUT2D eigenvalue weighted by Gasteiger charge is 2.15. The molecule has 0 saturated heterocycles. The van der Waals surface area contributed by atoms with Crippen LogP contribution in [0.15, 0.2) is 24.3 Å². The van der Waals surface area contributed by atoms with Gasteiger partial charge in [-0.05, 0) is 50.5 Å². The summed E-state index contributed by atoms with van der Waals surface area (Å²) in [6, 6.07) is 8.14. The number of rotatable bonds is 4. The topological polar surface area (TPSA) is 38.0 Å². The van der Waals surface area contributed by atoms with Crippen molar-refractivity contribution in [3.05, 3.63) is 52.3 Å². The standard InChI is InChI=1S/C16H22N2O/c1-5-18-14(9-12(3)17-18)10-16(19)15-8-6-7-11(2)13(15)4/h6-9,16,19H,5,10H2,1-4H3. The third-order valence-electron chi connectivity index (χ3n) is 3.69. The van der Waals surface area contributed by atoms with Crippen molar-refractivity contribution in [2.75, 3.05) is 0 Å². The maximum Gasteiger partial charge on any atom is 0.0847 e. The Labute approximate surface area is 114 Å². The van der Waals surface area contributed by atoms with E-state index < -0.39 is 6.10 Å². The molecule has 19 heavy (non-hydrogen) atoms. The number of aromatic nitrogens is 2. The smallest absolute Gasteiger partial charge is 0.0847 e. The van der Waals surface area contributed by atoms with Gasteiger partial charge < -0.3 is 5.11 Å². The highest BCUT2D eigenvalue weighted by atomic mass is 16.3. The maximum atomic E-state index is 10.5. The summed E-state index contributed by atoms with van der Waals surface area (Å²) in [5.74, 6) is 0.